The quantitative estimate of drug-likeness (QED) is 0.688. The fourth-order valence-electron chi connectivity index (χ4n) is 1.05. The van der Waals surface area contributed by atoms with Gasteiger partial charge in [0.15, 0.2) is 0 Å². The lowest BCUT2D eigenvalue weighted by Crippen LogP contribution is -2.35. The molecule has 1 aromatic rings. The average molecular weight is 259 g/mol. The van der Waals surface area contributed by atoms with Gasteiger partial charge < -0.3 is 14.4 Å². The number of ether oxygens (including phenoxy) is 2. The van der Waals surface area contributed by atoms with Crippen molar-refractivity contribution in [2.45, 2.75) is 6.92 Å². The summed E-state index contributed by atoms with van der Waals surface area (Å²) in [6.45, 7) is 1.65. The van der Waals surface area contributed by atoms with E-state index in [0.29, 0.717) is 5.13 Å². The van der Waals surface area contributed by atoms with Crippen LogP contribution in [0.15, 0.2) is 0 Å². The van der Waals surface area contributed by atoms with Crippen LogP contribution in [-0.2, 0) is 19.1 Å². The van der Waals surface area contributed by atoms with Crippen LogP contribution in [0.25, 0.3) is 0 Å². The summed E-state index contributed by atoms with van der Waals surface area (Å²) in [4.78, 5) is 23.9. The summed E-state index contributed by atoms with van der Waals surface area (Å²) in [5, 5.41) is 8.93. The molecular formula is C9H13N3O4S. The van der Waals surface area contributed by atoms with Crippen LogP contribution in [-0.4, -0.2) is 49.4 Å². The van der Waals surface area contributed by atoms with Gasteiger partial charge in [-0.1, -0.05) is 11.3 Å². The third-order valence-electron chi connectivity index (χ3n) is 1.88. The van der Waals surface area contributed by atoms with E-state index in [1.807, 2.05) is 0 Å². The molecule has 8 heteroatoms. The number of nitrogens with zero attached hydrogens (tertiary/aromatic N) is 3. The lowest BCUT2D eigenvalue weighted by molar-refractivity contribution is -0.140. The number of esters is 2. The SMILES string of the molecule is COC(=O)CN(CC(=O)OC)c1nnc(C)s1. The van der Waals surface area contributed by atoms with Crippen molar-refractivity contribution >= 4 is 28.4 Å². The first-order chi connectivity index (χ1) is 8.06. The molecule has 1 aromatic heterocycles. The van der Waals surface area contributed by atoms with E-state index >= 15 is 0 Å². The van der Waals surface area contributed by atoms with E-state index in [9.17, 15) is 9.59 Å². The molecule has 0 fully saturated rings. The number of hydrogen-bond acceptors (Lipinski definition) is 8. The zero-order valence-corrected chi connectivity index (χ0v) is 10.6. The smallest absolute Gasteiger partial charge is 0.325 e. The minimum Gasteiger partial charge on any atom is -0.468 e. The highest BCUT2D eigenvalue weighted by Crippen LogP contribution is 2.19. The Balaban J connectivity index is 2.78. The van der Waals surface area contributed by atoms with Gasteiger partial charge in [-0.05, 0) is 6.92 Å². The second kappa shape index (κ2) is 6.14. The molecule has 1 heterocycles. The number of anilines is 1. The lowest BCUT2D eigenvalue weighted by atomic mass is 10.5. The van der Waals surface area contributed by atoms with Crippen molar-refractivity contribution in [3.8, 4) is 0 Å². The Morgan fingerprint density at radius 3 is 2.06 bits per heavy atom. The monoisotopic (exact) mass is 259 g/mol. The Morgan fingerprint density at radius 1 is 1.18 bits per heavy atom. The topological polar surface area (TPSA) is 81.6 Å². The maximum Gasteiger partial charge on any atom is 0.325 e. The van der Waals surface area contributed by atoms with Crippen molar-refractivity contribution < 1.29 is 19.1 Å². The normalized spacial score (nSPS) is 9.82. The molecule has 7 nitrogen and oxygen atoms in total. The summed E-state index contributed by atoms with van der Waals surface area (Å²) in [6, 6.07) is 0. The van der Waals surface area contributed by atoms with E-state index in [2.05, 4.69) is 19.7 Å². The standard InChI is InChI=1S/C9H13N3O4S/c1-6-10-11-9(17-6)12(4-7(13)15-2)5-8(14)16-3/h4-5H2,1-3H3. The predicted molar refractivity (Wildman–Crippen MR) is 60.9 cm³/mol. The zero-order valence-electron chi connectivity index (χ0n) is 9.80. The Kier molecular flexibility index (Phi) is 4.83. The summed E-state index contributed by atoms with van der Waals surface area (Å²) in [6.07, 6.45) is 0. The molecule has 0 aromatic carbocycles. The number of carbonyl (C=O) groups excluding carboxylic acids is 2. The summed E-state index contributed by atoms with van der Waals surface area (Å²) >= 11 is 1.29. The molecule has 94 valence electrons. The maximum absolute atomic E-state index is 11.2. The summed E-state index contributed by atoms with van der Waals surface area (Å²) < 4.78 is 9.10. The largest absolute Gasteiger partial charge is 0.468 e. The molecule has 0 saturated carbocycles. The van der Waals surface area contributed by atoms with E-state index in [-0.39, 0.29) is 13.1 Å². The molecule has 0 aliphatic carbocycles. The molecule has 0 atom stereocenters. The van der Waals surface area contributed by atoms with Crippen LogP contribution in [0.1, 0.15) is 5.01 Å². The highest BCUT2D eigenvalue weighted by atomic mass is 32.1. The van der Waals surface area contributed by atoms with Crippen LogP contribution in [0.2, 0.25) is 0 Å². The first kappa shape index (κ1) is 13.4. The van der Waals surface area contributed by atoms with Gasteiger partial charge in [0.1, 0.15) is 18.1 Å². The second-order valence-electron chi connectivity index (χ2n) is 3.11. The van der Waals surface area contributed by atoms with Gasteiger partial charge in [-0.3, -0.25) is 9.59 Å². The number of rotatable bonds is 5. The van der Waals surface area contributed by atoms with Crippen LogP contribution >= 0.6 is 11.3 Å². The summed E-state index contributed by atoms with van der Waals surface area (Å²) in [7, 11) is 2.56. The fraction of sp³-hybridized carbons (Fsp3) is 0.556. The van der Waals surface area contributed by atoms with Crippen LogP contribution in [0.3, 0.4) is 0 Å². The molecule has 0 N–H and O–H groups in total. The van der Waals surface area contributed by atoms with Gasteiger partial charge in [-0.2, -0.15) is 0 Å². The van der Waals surface area contributed by atoms with Gasteiger partial charge in [0.2, 0.25) is 5.13 Å². The minimum absolute atomic E-state index is 0.0692. The molecular weight excluding hydrogens is 246 g/mol. The highest BCUT2D eigenvalue weighted by molar-refractivity contribution is 7.15. The number of carbonyl (C=O) groups is 2. The first-order valence-electron chi connectivity index (χ1n) is 4.75. The number of aryl methyl sites for hydroxylation is 1. The molecule has 0 unspecified atom stereocenters. The lowest BCUT2D eigenvalue weighted by Gasteiger charge is -2.17. The van der Waals surface area contributed by atoms with Crippen molar-refractivity contribution in [3.63, 3.8) is 0 Å². The van der Waals surface area contributed by atoms with Crippen LogP contribution in [0.4, 0.5) is 5.13 Å². The van der Waals surface area contributed by atoms with Crippen molar-refractivity contribution in [2.24, 2.45) is 0 Å². The number of methoxy groups -OCH3 is 2. The summed E-state index contributed by atoms with van der Waals surface area (Å²) in [5.74, 6) is -0.913. The average Bonchev–Trinajstić information content (AvgIpc) is 2.74. The Bertz CT molecular complexity index is 389. The molecule has 0 aliphatic rings. The van der Waals surface area contributed by atoms with Gasteiger partial charge in [0.05, 0.1) is 14.2 Å². The molecule has 0 aliphatic heterocycles. The van der Waals surface area contributed by atoms with Gasteiger partial charge in [-0.25, -0.2) is 0 Å². The molecule has 1 rings (SSSR count). The van der Waals surface area contributed by atoms with Gasteiger partial charge in [-0.15, -0.1) is 10.2 Å². The Labute approximate surface area is 102 Å². The van der Waals surface area contributed by atoms with Gasteiger partial charge in [0, 0.05) is 0 Å². The van der Waals surface area contributed by atoms with Crippen molar-refractivity contribution in [1.29, 1.82) is 0 Å². The first-order valence-corrected chi connectivity index (χ1v) is 5.57. The van der Waals surface area contributed by atoms with Crippen LogP contribution in [0.5, 0.6) is 0 Å². The third-order valence-corrected chi connectivity index (χ3v) is 2.78. The van der Waals surface area contributed by atoms with Gasteiger partial charge in [0.25, 0.3) is 0 Å². The minimum atomic E-state index is -0.457. The molecule has 0 saturated heterocycles. The predicted octanol–water partition coefficient (Wildman–Crippen LogP) is -0.00108. The number of hydrogen-bond donors (Lipinski definition) is 0. The highest BCUT2D eigenvalue weighted by Gasteiger charge is 2.19. The Hall–Kier alpha value is -1.70. The van der Waals surface area contributed by atoms with E-state index in [1.165, 1.54) is 30.5 Å². The summed E-state index contributed by atoms with van der Waals surface area (Å²) in [5.41, 5.74) is 0. The molecule has 0 spiro atoms. The molecule has 0 bridgehead atoms. The van der Waals surface area contributed by atoms with E-state index < -0.39 is 11.9 Å². The molecule has 0 radical (unpaired) electrons. The number of aromatic nitrogens is 2. The maximum atomic E-state index is 11.2. The van der Waals surface area contributed by atoms with Crippen molar-refractivity contribution in [1.82, 2.24) is 10.2 Å². The van der Waals surface area contributed by atoms with E-state index in [4.69, 9.17) is 0 Å². The Morgan fingerprint density at radius 2 is 1.71 bits per heavy atom. The van der Waals surface area contributed by atoms with E-state index in [1.54, 1.807) is 6.92 Å². The van der Waals surface area contributed by atoms with Crippen molar-refractivity contribution in [3.05, 3.63) is 5.01 Å². The molecule has 17 heavy (non-hydrogen) atoms. The van der Waals surface area contributed by atoms with E-state index in [0.717, 1.165) is 5.01 Å². The van der Waals surface area contributed by atoms with Crippen LogP contribution in [0, 0.1) is 6.92 Å². The zero-order chi connectivity index (χ0) is 12.8. The second-order valence-corrected chi connectivity index (χ2v) is 4.27. The molecule has 0 amide bonds. The third kappa shape index (κ3) is 3.99. The van der Waals surface area contributed by atoms with Gasteiger partial charge >= 0.3 is 11.9 Å². The van der Waals surface area contributed by atoms with Crippen LogP contribution < -0.4 is 4.90 Å². The fourth-order valence-corrected chi connectivity index (χ4v) is 1.73. The van der Waals surface area contributed by atoms with Crippen molar-refractivity contribution in [2.75, 3.05) is 32.2 Å².